The van der Waals surface area contributed by atoms with Gasteiger partial charge in [-0.05, 0) is 30.5 Å². The fourth-order valence-electron chi connectivity index (χ4n) is 2.02. The lowest BCUT2D eigenvalue weighted by molar-refractivity contribution is 0.0390. The number of nitrogens with one attached hydrogen (secondary N) is 1. The SMILES string of the molecule is CSSc1ccc(S(=O)(=O)NCCN2CCOCC2)cc1. The van der Waals surface area contributed by atoms with E-state index in [2.05, 4.69) is 9.62 Å². The first kappa shape index (κ1) is 17.1. The Kier molecular flexibility index (Phi) is 6.84. The highest BCUT2D eigenvalue weighted by atomic mass is 33.1. The molecule has 21 heavy (non-hydrogen) atoms. The molecule has 5 nitrogen and oxygen atoms in total. The standard InChI is InChI=1S/C13H20N2O3S3/c1-19-20-12-2-4-13(5-3-12)21(16,17)14-6-7-15-8-10-18-11-9-15/h2-5,14H,6-11H2,1H3. The second kappa shape index (κ2) is 8.40. The first-order chi connectivity index (χ1) is 10.1. The fourth-order valence-corrected chi connectivity index (χ4v) is 4.39. The summed E-state index contributed by atoms with van der Waals surface area (Å²) >= 11 is 0. The molecule has 0 amide bonds. The van der Waals surface area contributed by atoms with Crippen molar-refractivity contribution < 1.29 is 13.2 Å². The molecule has 0 bridgehead atoms. The van der Waals surface area contributed by atoms with Gasteiger partial charge in [-0.25, -0.2) is 13.1 Å². The number of benzene rings is 1. The summed E-state index contributed by atoms with van der Waals surface area (Å²) in [5.74, 6) is 0. The minimum absolute atomic E-state index is 0.315. The molecule has 118 valence electrons. The lowest BCUT2D eigenvalue weighted by Crippen LogP contribution is -2.41. The summed E-state index contributed by atoms with van der Waals surface area (Å²) in [6.07, 6.45) is 1.99. The second-order valence-electron chi connectivity index (χ2n) is 4.57. The van der Waals surface area contributed by atoms with Gasteiger partial charge < -0.3 is 4.74 Å². The molecule has 0 aromatic heterocycles. The Bertz CT molecular complexity index is 528. The summed E-state index contributed by atoms with van der Waals surface area (Å²) in [4.78, 5) is 3.56. The predicted molar refractivity (Wildman–Crippen MR) is 88.3 cm³/mol. The van der Waals surface area contributed by atoms with Gasteiger partial charge in [-0.2, -0.15) is 0 Å². The van der Waals surface area contributed by atoms with Crippen LogP contribution in [0.3, 0.4) is 0 Å². The average molecular weight is 349 g/mol. The molecule has 1 N–H and O–H groups in total. The van der Waals surface area contributed by atoms with Crippen LogP contribution in [0.25, 0.3) is 0 Å². The molecule has 0 radical (unpaired) electrons. The van der Waals surface area contributed by atoms with E-state index >= 15 is 0 Å². The molecule has 1 saturated heterocycles. The van der Waals surface area contributed by atoms with Gasteiger partial charge in [0.05, 0.1) is 18.1 Å². The van der Waals surface area contributed by atoms with Crippen LogP contribution in [-0.4, -0.2) is 59.0 Å². The van der Waals surface area contributed by atoms with Crippen molar-refractivity contribution in [1.82, 2.24) is 9.62 Å². The molecule has 1 aromatic rings. The summed E-state index contributed by atoms with van der Waals surface area (Å²) in [5.41, 5.74) is 0. The van der Waals surface area contributed by atoms with Crippen molar-refractivity contribution in [2.75, 3.05) is 45.6 Å². The molecule has 1 heterocycles. The van der Waals surface area contributed by atoms with Crippen molar-refractivity contribution >= 4 is 31.6 Å². The summed E-state index contributed by atoms with van der Waals surface area (Å²) in [7, 11) is -0.169. The van der Waals surface area contributed by atoms with Gasteiger partial charge in [0, 0.05) is 31.1 Å². The van der Waals surface area contributed by atoms with Gasteiger partial charge in [0.2, 0.25) is 10.0 Å². The van der Waals surface area contributed by atoms with Crippen molar-refractivity contribution in [2.24, 2.45) is 0 Å². The molecule has 0 aliphatic carbocycles. The topological polar surface area (TPSA) is 58.6 Å². The van der Waals surface area contributed by atoms with Gasteiger partial charge in [-0.15, -0.1) is 0 Å². The Morgan fingerprint density at radius 3 is 2.52 bits per heavy atom. The monoisotopic (exact) mass is 348 g/mol. The van der Waals surface area contributed by atoms with E-state index in [0.29, 0.717) is 18.0 Å². The van der Waals surface area contributed by atoms with E-state index in [9.17, 15) is 8.42 Å². The van der Waals surface area contributed by atoms with Crippen LogP contribution in [0.4, 0.5) is 0 Å². The van der Waals surface area contributed by atoms with Crippen molar-refractivity contribution in [2.45, 2.75) is 9.79 Å². The van der Waals surface area contributed by atoms with Crippen molar-refractivity contribution in [1.29, 1.82) is 0 Å². The van der Waals surface area contributed by atoms with Crippen molar-refractivity contribution in [3.05, 3.63) is 24.3 Å². The predicted octanol–water partition coefficient (Wildman–Crippen LogP) is 1.67. The Balaban J connectivity index is 1.85. The summed E-state index contributed by atoms with van der Waals surface area (Å²) < 4.78 is 32.3. The quantitative estimate of drug-likeness (QED) is 0.757. The summed E-state index contributed by atoms with van der Waals surface area (Å²) in [5, 5.41) is 0. The Labute approximate surface area is 134 Å². The molecule has 8 heteroatoms. The Hall–Kier alpha value is -0.250. The lowest BCUT2D eigenvalue weighted by Gasteiger charge is -2.26. The van der Waals surface area contributed by atoms with E-state index < -0.39 is 10.0 Å². The van der Waals surface area contributed by atoms with Gasteiger partial charge in [0.1, 0.15) is 0 Å². The Morgan fingerprint density at radius 1 is 1.24 bits per heavy atom. The third-order valence-electron chi connectivity index (χ3n) is 3.14. The number of sulfonamides is 1. The largest absolute Gasteiger partial charge is 0.379 e. The molecule has 0 unspecified atom stereocenters. The summed E-state index contributed by atoms with van der Waals surface area (Å²) in [6, 6.07) is 6.96. The third kappa shape index (κ3) is 5.46. The number of rotatable bonds is 7. The molecule has 0 saturated carbocycles. The molecule has 1 aromatic carbocycles. The van der Waals surface area contributed by atoms with Gasteiger partial charge in [0.25, 0.3) is 0 Å². The van der Waals surface area contributed by atoms with E-state index in [0.717, 1.165) is 31.2 Å². The average Bonchev–Trinajstić information content (AvgIpc) is 2.49. The van der Waals surface area contributed by atoms with Crippen LogP contribution in [0.15, 0.2) is 34.1 Å². The third-order valence-corrected chi connectivity index (χ3v) is 6.32. The van der Waals surface area contributed by atoms with Crippen molar-refractivity contribution in [3.63, 3.8) is 0 Å². The summed E-state index contributed by atoms with van der Waals surface area (Å²) in [6.45, 7) is 4.31. The van der Waals surface area contributed by atoms with E-state index in [1.807, 2.05) is 18.4 Å². The van der Waals surface area contributed by atoms with Gasteiger partial charge >= 0.3 is 0 Å². The van der Waals surface area contributed by atoms with Gasteiger partial charge in [-0.3, -0.25) is 4.90 Å². The van der Waals surface area contributed by atoms with E-state index in [1.54, 1.807) is 33.7 Å². The second-order valence-corrected chi connectivity index (χ2v) is 8.81. The maximum absolute atomic E-state index is 12.2. The molecule has 0 atom stereocenters. The number of hydrogen-bond donors (Lipinski definition) is 1. The van der Waals surface area contributed by atoms with Gasteiger partial charge in [-0.1, -0.05) is 21.6 Å². The first-order valence-corrected chi connectivity index (χ1v) is 10.8. The molecule has 1 aliphatic rings. The van der Waals surface area contributed by atoms with Gasteiger partial charge in [0.15, 0.2) is 0 Å². The zero-order valence-corrected chi connectivity index (χ0v) is 14.4. The Morgan fingerprint density at radius 2 is 1.90 bits per heavy atom. The van der Waals surface area contributed by atoms with Crippen LogP contribution >= 0.6 is 21.6 Å². The molecular weight excluding hydrogens is 328 g/mol. The van der Waals surface area contributed by atoms with E-state index in [4.69, 9.17) is 4.74 Å². The fraction of sp³-hybridized carbons (Fsp3) is 0.538. The molecule has 1 aliphatic heterocycles. The highest BCUT2D eigenvalue weighted by molar-refractivity contribution is 8.76. The number of morpholine rings is 1. The van der Waals surface area contributed by atoms with E-state index in [1.165, 1.54) is 0 Å². The zero-order chi connectivity index (χ0) is 15.1. The number of ether oxygens (including phenoxy) is 1. The smallest absolute Gasteiger partial charge is 0.240 e. The zero-order valence-electron chi connectivity index (χ0n) is 11.9. The van der Waals surface area contributed by atoms with Crippen LogP contribution in [0, 0.1) is 0 Å². The van der Waals surface area contributed by atoms with Crippen LogP contribution in [0.2, 0.25) is 0 Å². The number of nitrogens with zero attached hydrogens (tertiary/aromatic N) is 1. The van der Waals surface area contributed by atoms with Crippen LogP contribution in [-0.2, 0) is 14.8 Å². The molecule has 0 spiro atoms. The minimum atomic E-state index is -3.42. The highest BCUT2D eigenvalue weighted by Crippen LogP contribution is 2.28. The van der Waals surface area contributed by atoms with Crippen LogP contribution in [0.5, 0.6) is 0 Å². The molecule has 2 rings (SSSR count). The maximum Gasteiger partial charge on any atom is 0.240 e. The first-order valence-electron chi connectivity index (χ1n) is 6.72. The normalized spacial score (nSPS) is 17.0. The van der Waals surface area contributed by atoms with Crippen LogP contribution in [0.1, 0.15) is 0 Å². The molecule has 1 fully saturated rings. The number of hydrogen-bond acceptors (Lipinski definition) is 6. The maximum atomic E-state index is 12.2. The highest BCUT2D eigenvalue weighted by Gasteiger charge is 2.15. The lowest BCUT2D eigenvalue weighted by atomic mass is 10.4. The van der Waals surface area contributed by atoms with E-state index in [-0.39, 0.29) is 0 Å². The molecular formula is C13H20N2O3S3. The minimum Gasteiger partial charge on any atom is -0.379 e. The van der Waals surface area contributed by atoms with Crippen LogP contribution < -0.4 is 4.72 Å². The van der Waals surface area contributed by atoms with Crippen molar-refractivity contribution in [3.8, 4) is 0 Å².